The first-order valence-electron chi connectivity index (χ1n) is 9.02. The fourth-order valence-electron chi connectivity index (χ4n) is 2.81. The summed E-state index contributed by atoms with van der Waals surface area (Å²) in [6.07, 6.45) is 0. The first-order chi connectivity index (χ1) is 14.4. The molecule has 0 fully saturated rings. The number of nitrogens with zero attached hydrogens (tertiary/aromatic N) is 2. The number of aryl methyl sites for hydroxylation is 1. The minimum Gasteiger partial charge on any atom is -0.497 e. The molecule has 3 aromatic rings. The lowest BCUT2D eigenvalue weighted by molar-refractivity contribution is -0.116. The number of carbonyl (C=O) groups is 1. The van der Waals surface area contributed by atoms with Crippen molar-refractivity contribution in [3.63, 3.8) is 0 Å². The third kappa shape index (κ3) is 4.93. The van der Waals surface area contributed by atoms with E-state index >= 15 is 0 Å². The van der Waals surface area contributed by atoms with Crippen LogP contribution in [-0.4, -0.2) is 29.7 Å². The van der Waals surface area contributed by atoms with Gasteiger partial charge in [-0.15, -0.1) is 0 Å². The Kier molecular flexibility index (Phi) is 6.31. The molecule has 0 radical (unpaired) electrons. The highest BCUT2D eigenvalue weighted by Crippen LogP contribution is 2.29. The van der Waals surface area contributed by atoms with Crippen LogP contribution in [-0.2, 0) is 11.3 Å². The summed E-state index contributed by atoms with van der Waals surface area (Å²) < 4.78 is 25.1. The number of halogens is 1. The molecule has 0 atom stereocenters. The molecule has 30 heavy (non-hydrogen) atoms. The number of hydrogen-bond donors (Lipinski definition) is 2. The van der Waals surface area contributed by atoms with Crippen LogP contribution in [0.1, 0.15) is 5.69 Å². The molecule has 0 aliphatic heterocycles. The van der Waals surface area contributed by atoms with Gasteiger partial charge in [0, 0.05) is 23.5 Å². The third-order valence-electron chi connectivity index (χ3n) is 4.20. The Balaban J connectivity index is 1.87. The van der Waals surface area contributed by atoms with Crippen molar-refractivity contribution in [3.8, 4) is 11.5 Å². The highest BCUT2D eigenvalue weighted by Gasteiger charge is 2.14. The Morgan fingerprint density at radius 3 is 2.63 bits per heavy atom. The van der Waals surface area contributed by atoms with Gasteiger partial charge in [0.15, 0.2) is 0 Å². The topological polar surface area (TPSA) is 94.5 Å². The zero-order valence-electron chi connectivity index (χ0n) is 16.7. The van der Waals surface area contributed by atoms with Crippen LogP contribution >= 0.6 is 0 Å². The van der Waals surface area contributed by atoms with Gasteiger partial charge in [-0.25, -0.2) is 9.37 Å². The van der Waals surface area contributed by atoms with E-state index in [1.54, 1.807) is 31.2 Å². The summed E-state index contributed by atoms with van der Waals surface area (Å²) in [7, 11) is 2.99. The number of amides is 1. The lowest BCUT2D eigenvalue weighted by atomic mass is 10.2. The number of hydrogen-bond acceptors (Lipinski definition) is 6. The predicted octanol–water partition coefficient (Wildman–Crippen LogP) is 3.09. The summed E-state index contributed by atoms with van der Waals surface area (Å²) in [5, 5.41) is 5.60. The molecular formula is C21H21FN4O4. The lowest BCUT2D eigenvalue weighted by Crippen LogP contribution is -2.30. The number of carbonyl (C=O) groups excluding carboxylic acids is 1. The minimum atomic E-state index is -0.475. The van der Waals surface area contributed by atoms with E-state index < -0.39 is 17.3 Å². The minimum absolute atomic E-state index is 0.123. The molecule has 0 saturated heterocycles. The van der Waals surface area contributed by atoms with Gasteiger partial charge in [-0.2, -0.15) is 0 Å². The third-order valence-corrected chi connectivity index (χ3v) is 4.20. The van der Waals surface area contributed by atoms with Gasteiger partial charge in [-0.3, -0.25) is 14.2 Å². The molecule has 1 aromatic heterocycles. The number of ether oxygens (including phenoxy) is 2. The second kappa shape index (κ2) is 9.08. The van der Waals surface area contributed by atoms with Gasteiger partial charge in [0.25, 0.3) is 5.56 Å². The molecule has 8 nitrogen and oxygen atoms in total. The molecule has 2 N–H and O–H groups in total. The van der Waals surface area contributed by atoms with Crippen molar-refractivity contribution in [3.05, 3.63) is 70.4 Å². The number of aromatic nitrogens is 2. The van der Waals surface area contributed by atoms with E-state index in [1.165, 1.54) is 43.1 Å². The zero-order chi connectivity index (χ0) is 21.7. The summed E-state index contributed by atoms with van der Waals surface area (Å²) in [4.78, 5) is 29.5. The van der Waals surface area contributed by atoms with Crippen molar-refractivity contribution in [1.29, 1.82) is 0 Å². The maximum Gasteiger partial charge on any atom is 0.255 e. The van der Waals surface area contributed by atoms with Gasteiger partial charge in [-0.1, -0.05) is 6.07 Å². The molecular weight excluding hydrogens is 391 g/mol. The van der Waals surface area contributed by atoms with E-state index in [9.17, 15) is 14.0 Å². The molecule has 9 heteroatoms. The summed E-state index contributed by atoms with van der Waals surface area (Å²) in [6.45, 7) is 1.34. The van der Waals surface area contributed by atoms with Crippen molar-refractivity contribution >= 4 is 23.2 Å². The summed E-state index contributed by atoms with van der Waals surface area (Å²) in [5.74, 6) is 0.185. The number of methoxy groups -OCH3 is 2. The Bertz CT molecular complexity index is 1130. The average Bonchev–Trinajstić information content (AvgIpc) is 2.70. The predicted molar refractivity (Wildman–Crippen MR) is 111 cm³/mol. The Morgan fingerprint density at radius 2 is 1.93 bits per heavy atom. The van der Waals surface area contributed by atoms with E-state index in [1.807, 2.05) is 0 Å². The van der Waals surface area contributed by atoms with Crippen LogP contribution in [0, 0.1) is 12.7 Å². The molecule has 2 aromatic carbocycles. The summed E-state index contributed by atoms with van der Waals surface area (Å²) in [6, 6.07) is 12.0. The van der Waals surface area contributed by atoms with Gasteiger partial charge >= 0.3 is 0 Å². The first-order valence-corrected chi connectivity index (χ1v) is 9.02. The first kappa shape index (κ1) is 20.8. The highest BCUT2D eigenvalue weighted by atomic mass is 19.1. The maximum absolute atomic E-state index is 13.5. The van der Waals surface area contributed by atoms with Crippen molar-refractivity contribution < 1.29 is 18.7 Å². The van der Waals surface area contributed by atoms with Crippen LogP contribution in [0.15, 0.2) is 53.3 Å². The number of anilines is 3. The fourth-order valence-corrected chi connectivity index (χ4v) is 2.81. The van der Waals surface area contributed by atoms with Crippen molar-refractivity contribution in [2.24, 2.45) is 0 Å². The Labute approximate surface area is 172 Å². The molecule has 0 spiro atoms. The van der Waals surface area contributed by atoms with Crippen LogP contribution in [0.5, 0.6) is 11.5 Å². The van der Waals surface area contributed by atoms with E-state index in [2.05, 4.69) is 15.6 Å². The highest BCUT2D eigenvalue weighted by molar-refractivity contribution is 5.92. The number of nitrogens with one attached hydrogen (secondary N) is 2. The molecule has 1 heterocycles. The Hall–Kier alpha value is -3.88. The second-order valence-electron chi connectivity index (χ2n) is 6.40. The lowest BCUT2D eigenvalue weighted by Gasteiger charge is -2.15. The fraction of sp³-hybridized carbons (Fsp3) is 0.190. The van der Waals surface area contributed by atoms with Crippen molar-refractivity contribution in [1.82, 2.24) is 9.55 Å². The maximum atomic E-state index is 13.5. The van der Waals surface area contributed by atoms with E-state index in [-0.39, 0.29) is 12.5 Å². The van der Waals surface area contributed by atoms with E-state index in [0.717, 1.165) is 0 Å². The normalized spacial score (nSPS) is 10.4. The Morgan fingerprint density at radius 1 is 1.13 bits per heavy atom. The zero-order valence-corrected chi connectivity index (χ0v) is 16.7. The SMILES string of the molecule is COc1ccc(OC)c(NC(=O)Cn2c(Nc3cccc(F)c3)nc(C)cc2=O)c1. The van der Waals surface area contributed by atoms with Crippen LogP contribution < -0.4 is 25.7 Å². The monoisotopic (exact) mass is 412 g/mol. The van der Waals surface area contributed by atoms with Crippen molar-refractivity contribution in [2.45, 2.75) is 13.5 Å². The number of benzene rings is 2. The smallest absolute Gasteiger partial charge is 0.255 e. The summed E-state index contributed by atoms with van der Waals surface area (Å²) in [5.41, 5.74) is 0.838. The van der Waals surface area contributed by atoms with E-state index in [4.69, 9.17) is 9.47 Å². The van der Waals surface area contributed by atoms with Crippen LogP contribution in [0.4, 0.5) is 21.7 Å². The molecule has 156 valence electrons. The second-order valence-corrected chi connectivity index (χ2v) is 6.40. The van der Waals surface area contributed by atoms with Gasteiger partial charge in [0.2, 0.25) is 11.9 Å². The standard InChI is InChI=1S/C21H21FN4O4/c1-13-9-20(28)26(21(23-13)24-15-6-4-5-14(22)10-15)12-19(27)25-17-11-16(29-2)7-8-18(17)30-3/h4-11H,12H2,1-3H3,(H,23,24)(H,25,27). The molecule has 1 amide bonds. The van der Waals surface area contributed by atoms with Crippen LogP contribution in [0.25, 0.3) is 0 Å². The molecule has 0 aliphatic rings. The molecule has 0 unspecified atom stereocenters. The van der Waals surface area contributed by atoms with Crippen molar-refractivity contribution in [2.75, 3.05) is 24.9 Å². The summed E-state index contributed by atoms with van der Waals surface area (Å²) >= 11 is 0. The van der Waals surface area contributed by atoms with Gasteiger partial charge in [-0.05, 0) is 37.3 Å². The van der Waals surface area contributed by atoms with Crippen LogP contribution in [0.3, 0.4) is 0 Å². The van der Waals surface area contributed by atoms with Gasteiger partial charge in [0.1, 0.15) is 23.9 Å². The molecule has 3 rings (SSSR count). The van der Waals surface area contributed by atoms with Gasteiger partial charge < -0.3 is 20.1 Å². The molecule has 0 saturated carbocycles. The van der Waals surface area contributed by atoms with Gasteiger partial charge in [0.05, 0.1) is 19.9 Å². The molecule has 0 bridgehead atoms. The van der Waals surface area contributed by atoms with Crippen LogP contribution in [0.2, 0.25) is 0 Å². The largest absolute Gasteiger partial charge is 0.497 e. The van der Waals surface area contributed by atoms with E-state index in [0.29, 0.717) is 28.6 Å². The number of rotatable bonds is 7. The molecule has 0 aliphatic carbocycles. The average molecular weight is 412 g/mol. The quantitative estimate of drug-likeness (QED) is 0.619.